The summed E-state index contributed by atoms with van der Waals surface area (Å²) in [5, 5.41) is 13.9. The minimum atomic E-state index is -0.0578. The van der Waals surface area contributed by atoms with Gasteiger partial charge < -0.3 is 10.4 Å². The fraction of sp³-hybridized carbons (Fsp3) is 1.00. The Hall–Kier alpha value is -0.120. The first-order valence-electron chi connectivity index (χ1n) is 7.98. The number of rotatable bonds is 3. The van der Waals surface area contributed by atoms with E-state index in [1.165, 1.54) is 44.9 Å². The highest BCUT2D eigenvalue weighted by atomic mass is 16.3. The van der Waals surface area contributed by atoms with Crippen LogP contribution in [0.2, 0.25) is 0 Å². The molecule has 2 saturated heterocycles. The van der Waals surface area contributed by atoms with Crippen LogP contribution in [-0.4, -0.2) is 46.8 Å². The lowest BCUT2D eigenvalue weighted by Crippen LogP contribution is -2.56. The Morgan fingerprint density at radius 3 is 2.33 bits per heavy atom. The molecule has 18 heavy (non-hydrogen) atoms. The molecule has 0 aromatic carbocycles. The molecule has 3 nitrogen and oxygen atoms in total. The van der Waals surface area contributed by atoms with Gasteiger partial charge >= 0.3 is 0 Å². The zero-order valence-corrected chi connectivity index (χ0v) is 11.6. The third-order valence-electron chi connectivity index (χ3n) is 5.36. The number of aliphatic hydroxyl groups is 1. The van der Waals surface area contributed by atoms with Crippen LogP contribution < -0.4 is 5.32 Å². The van der Waals surface area contributed by atoms with E-state index in [9.17, 15) is 5.11 Å². The Morgan fingerprint density at radius 1 is 1.06 bits per heavy atom. The molecular weight excluding hydrogens is 224 g/mol. The van der Waals surface area contributed by atoms with Crippen molar-refractivity contribution < 1.29 is 5.11 Å². The van der Waals surface area contributed by atoms with E-state index in [0.29, 0.717) is 6.04 Å². The number of hydrogen-bond acceptors (Lipinski definition) is 3. The summed E-state index contributed by atoms with van der Waals surface area (Å²) in [6.07, 6.45) is 10.0. The second kappa shape index (κ2) is 5.48. The van der Waals surface area contributed by atoms with Gasteiger partial charge in [-0.1, -0.05) is 19.8 Å². The molecule has 1 saturated carbocycles. The highest BCUT2D eigenvalue weighted by Crippen LogP contribution is 2.40. The quantitative estimate of drug-likeness (QED) is 0.805. The predicted octanol–water partition coefficient (Wildman–Crippen LogP) is 1.89. The molecule has 2 aliphatic heterocycles. The summed E-state index contributed by atoms with van der Waals surface area (Å²) in [5.74, 6) is 0. The Balaban J connectivity index is 1.67. The van der Waals surface area contributed by atoms with Crippen LogP contribution in [0.4, 0.5) is 0 Å². The van der Waals surface area contributed by atoms with Crippen molar-refractivity contribution in [3.8, 4) is 0 Å². The Kier molecular flexibility index (Phi) is 3.92. The van der Waals surface area contributed by atoms with Gasteiger partial charge in [-0.3, -0.25) is 4.90 Å². The van der Waals surface area contributed by atoms with E-state index in [2.05, 4.69) is 17.1 Å². The van der Waals surface area contributed by atoms with Crippen LogP contribution in [0.1, 0.15) is 58.3 Å². The minimum absolute atomic E-state index is 0.0578. The Morgan fingerprint density at radius 2 is 1.72 bits per heavy atom. The molecule has 104 valence electrons. The molecule has 0 amide bonds. The Bertz CT molecular complexity index is 270. The number of nitrogens with one attached hydrogen (secondary N) is 1. The number of aliphatic hydroxyl groups excluding tert-OH is 1. The van der Waals surface area contributed by atoms with Crippen molar-refractivity contribution in [1.82, 2.24) is 10.2 Å². The lowest BCUT2D eigenvalue weighted by molar-refractivity contribution is -0.0251. The van der Waals surface area contributed by atoms with Gasteiger partial charge in [0.2, 0.25) is 0 Å². The summed E-state index contributed by atoms with van der Waals surface area (Å²) in [7, 11) is 0. The highest BCUT2D eigenvalue weighted by molar-refractivity contribution is 5.01. The number of piperidine rings is 1. The van der Waals surface area contributed by atoms with Gasteiger partial charge in [-0.05, 0) is 45.1 Å². The Labute approximate surface area is 111 Å². The van der Waals surface area contributed by atoms with Crippen molar-refractivity contribution in [3.05, 3.63) is 0 Å². The second-order valence-electron chi connectivity index (χ2n) is 6.48. The maximum Gasteiger partial charge on any atom is 0.0695 e. The molecule has 4 unspecified atom stereocenters. The molecule has 3 heteroatoms. The van der Waals surface area contributed by atoms with Crippen molar-refractivity contribution in [2.75, 3.05) is 6.54 Å². The minimum Gasteiger partial charge on any atom is -0.391 e. The monoisotopic (exact) mass is 252 g/mol. The lowest BCUT2D eigenvalue weighted by atomic mass is 9.87. The van der Waals surface area contributed by atoms with Gasteiger partial charge in [0.25, 0.3) is 0 Å². The van der Waals surface area contributed by atoms with Crippen LogP contribution in [-0.2, 0) is 0 Å². The third kappa shape index (κ3) is 2.33. The summed E-state index contributed by atoms with van der Waals surface area (Å²) in [5.41, 5.74) is 0. The molecule has 3 fully saturated rings. The zero-order valence-electron chi connectivity index (χ0n) is 11.6. The molecule has 2 bridgehead atoms. The van der Waals surface area contributed by atoms with Crippen molar-refractivity contribution >= 4 is 0 Å². The van der Waals surface area contributed by atoms with Gasteiger partial charge in [0.1, 0.15) is 0 Å². The first-order chi connectivity index (χ1) is 8.79. The summed E-state index contributed by atoms with van der Waals surface area (Å²) >= 11 is 0. The average Bonchev–Trinajstić information content (AvgIpc) is 2.62. The molecule has 0 aromatic rings. The number of hydrogen-bond donors (Lipinski definition) is 2. The van der Waals surface area contributed by atoms with E-state index in [4.69, 9.17) is 0 Å². The summed E-state index contributed by atoms with van der Waals surface area (Å²) in [4.78, 5) is 2.72. The highest BCUT2D eigenvalue weighted by Gasteiger charge is 2.45. The summed E-state index contributed by atoms with van der Waals surface area (Å²) in [6.45, 7) is 3.30. The average molecular weight is 252 g/mol. The third-order valence-corrected chi connectivity index (χ3v) is 5.36. The molecule has 1 aliphatic carbocycles. The molecule has 3 aliphatic rings. The summed E-state index contributed by atoms with van der Waals surface area (Å²) in [6, 6.07) is 2.68. The molecule has 3 rings (SSSR count). The fourth-order valence-electron chi connectivity index (χ4n) is 4.65. The van der Waals surface area contributed by atoms with Gasteiger partial charge in [-0.25, -0.2) is 0 Å². The van der Waals surface area contributed by atoms with Gasteiger partial charge in [0.05, 0.1) is 6.10 Å². The van der Waals surface area contributed by atoms with Crippen LogP contribution in [0, 0.1) is 0 Å². The van der Waals surface area contributed by atoms with Crippen LogP contribution >= 0.6 is 0 Å². The van der Waals surface area contributed by atoms with Crippen LogP contribution in [0.5, 0.6) is 0 Å². The molecule has 4 atom stereocenters. The largest absolute Gasteiger partial charge is 0.391 e. The molecule has 2 heterocycles. The topological polar surface area (TPSA) is 35.5 Å². The van der Waals surface area contributed by atoms with E-state index in [0.717, 1.165) is 31.1 Å². The van der Waals surface area contributed by atoms with Gasteiger partial charge in [0.15, 0.2) is 0 Å². The van der Waals surface area contributed by atoms with Crippen molar-refractivity contribution in [3.63, 3.8) is 0 Å². The van der Waals surface area contributed by atoms with E-state index in [1.807, 2.05) is 0 Å². The standard InChI is InChI=1S/C15H28N2O/c1-2-16-11-9-12-7-8-13(10-11)17(12)14-5-3-4-6-15(14)18/h11-16,18H,2-10H2,1H3. The van der Waals surface area contributed by atoms with Gasteiger partial charge in [-0.2, -0.15) is 0 Å². The van der Waals surface area contributed by atoms with E-state index >= 15 is 0 Å². The van der Waals surface area contributed by atoms with E-state index in [-0.39, 0.29) is 6.10 Å². The van der Waals surface area contributed by atoms with Crippen LogP contribution in [0.3, 0.4) is 0 Å². The molecule has 0 spiro atoms. The molecule has 2 N–H and O–H groups in total. The predicted molar refractivity (Wildman–Crippen MR) is 73.6 cm³/mol. The van der Waals surface area contributed by atoms with Crippen molar-refractivity contribution in [1.29, 1.82) is 0 Å². The molecule has 0 radical (unpaired) electrons. The first-order valence-corrected chi connectivity index (χ1v) is 7.98. The maximum absolute atomic E-state index is 10.3. The first kappa shape index (κ1) is 12.9. The second-order valence-corrected chi connectivity index (χ2v) is 6.48. The fourth-order valence-corrected chi connectivity index (χ4v) is 4.65. The summed E-state index contributed by atoms with van der Waals surface area (Å²) < 4.78 is 0. The van der Waals surface area contributed by atoms with Gasteiger partial charge in [0, 0.05) is 24.2 Å². The molecule has 0 aromatic heterocycles. The smallest absolute Gasteiger partial charge is 0.0695 e. The van der Waals surface area contributed by atoms with Crippen LogP contribution in [0.15, 0.2) is 0 Å². The molecular formula is C15H28N2O. The number of nitrogens with zero attached hydrogens (tertiary/aromatic N) is 1. The maximum atomic E-state index is 10.3. The van der Waals surface area contributed by atoms with Crippen LogP contribution in [0.25, 0.3) is 0 Å². The normalized spacial score (nSPS) is 45.3. The van der Waals surface area contributed by atoms with Crippen molar-refractivity contribution in [2.45, 2.75) is 88.6 Å². The van der Waals surface area contributed by atoms with Crippen molar-refractivity contribution in [2.24, 2.45) is 0 Å². The SMILES string of the molecule is CCNC1CC2CCC(C1)N2C1CCCCC1O. The lowest BCUT2D eigenvalue weighted by Gasteiger charge is -2.46. The van der Waals surface area contributed by atoms with Gasteiger partial charge in [-0.15, -0.1) is 0 Å². The van der Waals surface area contributed by atoms with E-state index in [1.54, 1.807) is 0 Å². The number of fused-ring (bicyclic) bond motifs is 2. The van der Waals surface area contributed by atoms with E-state index < -0.39 is 0 Å². The zero-order chi connectivity index (χ0) is 12.5.